The second kappa shape index (κ2) is 6.29. The van der Waals surface area contributed by atoms with Gasteiger partial charge in [-0.25, -0.2) is 13.1 Å². The largest absolute Gasteiger partial charge is 0.338 e. The molecule has 1 fully saturated rings. The number of piperidine rings is 1. The van der Waals surface area contributed by atoms with E-state index < -0.39 is 10.0 Å². The number of carbonyl (C=O) groups is 1. The van der Waals surface area contributed by atoms with Gasteiger partial charge in [-0.1, -0.05) is 11.6 Å². The summed E-state index contributed by atoms with van der Waals surface area (Å²) < 4.78 is 25.0. The Hall–Kier alpha value is -1.18. The topological polar surface area (TPSA) is 79.4 Å². The normalized spacial score (nSPS) is 17.0. The average Bonchev–Trinajstić information content (AvgIpc) is 2.37. The number of nitrogens with zero attached hydrogens (tertiary/aromatic N) is 2. The first-order chi connectivity index (χ1) is 9.76. The summed E-state index contributed by atoms with van der Waals surface area (Å²) in [4.78, 5) is 18.2. The summed E-state index contributed by atoms with van der Waals surface area (Å²) in [6.07, 6.45) is 3.81. The highest BCUT2D eigenvalue weighted by Crippen LogP contribution is 2.20. The Kier molecular flexibility index (Phi) is 4.85. The molecule has 1 aromatic rings. The summed E-state index contributed by atoms with van der Waals surface area (Å²) in [5, 5.41) is 0.392. The summed E-state index contributed by atoms with van der Waals surface area (Å²) in [7, 11) is -3.21. The van der Waals surface area contributed by atoms with Gasteiger partial charge in [0.25, 0.3) is 5.91 Å². The second-order valence-corrected chi connectivity index (χ2v) is 7.45. The molecule has 2 heterocycles. The van der Waals surface area contributed by atoms with E-state index in [0.29, 0.717) is 36.5 Å². The lowest BCUT2D eigenvalue weighted by molar-refractivity contribution is 0.0711. The Morgan fingerprint density at radius 1 is 1.43 bits per heavy atom. The van der Waals surface area contributed by atoms with E-state index in [4.69, 9.17) is 11.6 Å². The van der Waals surface area contributed by atoms with Crippen LogP contribution in [0.3, 0.4) is 0 Å². The standard InChI is InChI=1S/C13H18ClN3O3S/c1-9-7-12(14)11(8-15-9)13(18)17-5-3-10(4-6-17)16-21(2,19)20/h7-8,10,16H,3-6H2,1-2H3. The van der Waals surface area contributed by atoms with Gasteiger partial charge in [0.05, 0.1) is 16.8 Å². The zero-order chi connectivity index (χ0) is 15.6. The van der Waals surface area contributed by atoms with Crippen molar-refractivity contribution in [3.8, 4) is 0 Å². The van der Waals surface area contributed by atoms with Crippen LogP contribution in [0.1, 0.15) is 28.9 Å². The van der Waals surface area contributed by atoms with Gasteiger partial charge in [-0.3, -0.25) is 9.78 Å². The molecule has 116 valence electrons. The van der Waals surface area contributed by atoms with Crippen LogP contribution in [0.25, 0.3) is 0 Å². The Bertz CT molecular complexity index is 640. The highest BCUT2D eigenvalue weighted by atomic mass is 35.5. The number of aromatic nitrogens is 1. The predicted octanol–water partition coefficient (Wildman–Crippen LogP) is 1.20. The van der Waals surface area contributed by atoms with Gasteiger partial charge in [0.2, 0.25) is 10.0 Å². The molecule has 1 saturated heterocycles. The van der Waals surface area contributed by atoms with Crippen LogP contribution < -0.4 is 4.72 Å². The molecule has 6 nitrogen and oxygen atoms in total. The maximum Gasteiger partial charge on any atom is 0.256 e. The average molecular weight is 332 g/mol. The number of nitrogens with one attached hydrogen (secondary N) is 1. The number of hydrogen-bond acceptors (Lipinski definition) is 4. The maximum absolute atomic E-state index is 12.4. The number of pyridine rings is 1. The van der Waals surface area contributed by atoms with E-state index in [9.17, 15) is 13.2 Å². The zero-order valence-electron chi connectivity index (χ0n) is 12.0. The lowest BCUT2D eigenvalue weighted by Gasteiger charge is -2.32. The number of sulfonamides is 1. The van der Waals surface area contributed by atoms with Gasteiger partial charge in [0.15, 0.2) is 0 Å². The van der Waals surface area contributed by atoms with Gasteiger partial charge in [-0.05, 0) is 25.8 Å². The minimum atomic E-state index is -3.21. The molecule has 1 N–H and O–H groups in total. The summed E-state index contributed by atoms with van der Waals surface area (Å²) in [6, 6.07) is 1.54. The fraction of sp³-hybridized carbons (Fsp3) is 0.538. The Labute approximate surface area is 129 Å². The fourth-order valence-electron chi connectivity index (χ4n) is 2.36. The molecule has 0 atom stereocenters. The summed E-state index contributed by atoms with van der Waals surface area (Å²) >= 11 is 6.08. The minimum Gasteiger partial charge on any atom is -0.338 e. The molecule has 1 amide bonds. The monoisotopic (exact) mass is 331 g/mol. The van der Waals surface area contributed by atoms with Crippen LogP contribution in [0, 0.1) is 6.92 Å². The molecule has 0 bridgehead atoms. The Balaban J connectivity index is 2.00. The van der Waals surface area contributed by atoms with Gasteiger partial charge in [-0.2, -0.15) is 0 Å². The number of rotatable bonds is 3. The van der Waals surface area contributed by atoms with Crippen LogP contribution in [0.2, 0.25) is 5.02 Å². The molecule has 21 heavy (non-hydrogen) atoms. The Morgan fingerprint density at radius 3 is 2.57 bits per heavy atom. The van der Waals surface area contributed by atoms with Crippen LogP contribution in [0.4, 0.5) is 0 Å². The van der Waals surface area contributed by atoms with Crippen molar-refractivity contribution in [3.63, 3.8) is 0 Å². The number of aryl methyl sites for hydroxylation is 1. The highest BCUT2D eigenvalue weighted by Gasteiger charge is 2.26. The van der Waals surface area contributed by atoms with E-state index in [-0.39, 0.29) is 11.9 Å². The van der Waals surface area contributed by atoms with E-state index in [1.54, 1.807) is 11.0 Å². The van der Waals surface area contributed by atoms with E-state index in [1.807, 2.05) is 6.92 Å². The number of amides is 1. The molecule has 8 heteroatoms. The SMILES string of the molecule is Cc1cc(Cl)c(C(=O)N2CCC(NS(C)(=O)=O)CC2)cn1. The smallest absolute Gasteiger partial charge is 0.256 e. The summed E-state index contributed by atoms with van der Waals surface area (Å²) in [5.41, 5.74) is 1.14. The van der Waals surface area contributed by atoms with E-state index in [0.717, 1.165) is 11.9 Å². The van der Waals surface area contributed by atoms with E-state index in [2.05, 4.69) is 9.71 Å². The molecule has 1 aliphatic rings. The van der Waals surface area contributed by atoms with Gasteiger partial charge in [0.1, 0.15) is 0 Å². The molecule has 0 unspecified atom stereocenters. The lowest BCUT2D eigenvalue weighted by atomic mass is 10.1. The fourth-order valence-corrected chi connectivity index (χ4v) is 3.49. The number of likely N-dealkylation sites (tertiary alicyclic amines) is 1. The van der Waals surface area contributed by atoms with Crippen LogP contribution in [0.5, 0.6) is 0 Å². The van der Waals surface area contributed by atoms with Gasteiger partial charge >= 0.3 is 0 Å². The second-order valence-electron chi connectivity index (χ2n) is 5.26. The molecule has 0 saturated carbocycles. The summed E-state index contributed by atoms with van der Waals surface area (Å²) in [6.45, 7) is 2.80. The quantitative estimate of drug-likeness (QED) is 0.902. The van der Waals surface area contributed by atoms with Crippen LogP contribution >= 0.6 is 11.6 Å². The molecule has 0 aliphatic carbocycles. The summed E-state index contributed by atoms with van der Waals surface area (Å²) in [5.74, 6) is -0.162. The van der Waals surface area contributed by atoms with Crippen LogP contribution in [-0.4, -0.2) is 49.6 Å². The first-order valence-corrected chi connectivity index (χ1v) is 8.92. The van der Waals surface area contributed by atoms with Crippen LogP contribution in [-0.2, 0) is 10.0 Å². The lowest BCUT2D eigenvalue weighted by Crippen LogP contribution is -2.46. The number of halogens is 1. The van der Waals surface area contributed by atoms with Crippen molar-refractivity contribution < 1.29 is 13.2 Å². The molecule has 1 aromatic heterocycles. The molecule has 0 radical (unpaired) electrons. The van der Waals surface area contributed by atoms with Crippen molar-refractivity contribution in [2.45, 2.75) is 25.8 Å². The minimum absolute atomic E-state index is 0.115. The van der Waals surface area contributed by atoms with Crippen molar-refractivity contribution in [1.82, 2.24) is 14.6 Å². The van der Waals surface area contributed by atoms with Crippen molar-refractivity contribution in [2.24, 2.45) is 0 Å². The molecule has 0 aromatic carbocycles. The molecule has 2 rings (SSSR count). The molecular weight excluding hydrogens is 314 g/mol. The highest BCUT2D eigenvalue weighted by molar-refractivity contribution is 7.88. The third-order valence-corrected chi connectivity index (χ3v) is 4.46. The number of carbonyl (C=O) groups excluding carboxylic acids is 1. The van der Waals surface area contributed by atoms with Crippen molar-refractivity contribution >= 4 is 27.5 Å². The van der Waals surface area contributed by atoms with E-state index in [1.165, 1.54) is 6.20 Å². The first-order valence-electron chi connectivity index (χ1n) is 6.65. The molecule has 1 aliphatic heterocycles. The van der Waals surface area contributed by atoms with Gasteiger partial charge in [0, 0.05) is 31.0 Å². The molecular formula is C13H18ClN3O3S. The first kappa shape index (κ1) is 16.2. The van der Waals surface area contributed by atoms with E-state index >= 15 is 0 Å². The van der Waals surface area contributed by atoms with Crippen molar-refractivity contribution in [3.05, 3.63) is 28.5 Å². The van der Waals surface area contributed by atoms with Crippen molar-refractivity contribution in [1.29, 1.82) is 0 Å². The number of hydrogen-bond donors (Lipinski definition) is 1. The van der Waals surface area contributed by atoms with Gasteiger partial charge in [-0.15, -0.1) is 0 Å². The predicted molar refractivity (Wildman–Crippen MR) is 80.9 cm³/mol. The van der Waals surface area contributed by atoms with Gasteiger partial charge < -0.3 is 4.90 Å². The third kappa shape index (κ3) is 4.39. The van der Waals surface area contributed by atoms with Crippen LogP contribution in [0.15, 0.2) is 12.3 Å². The third-order valence-electron chi connectivity index (χ3n) is 3.38. The van der Waals surface area contributed by atoms with Crippen molar-refractivity contribution in [2.75, 3.05) is 19.3 Å². The molecule has 0 spiro atoms. The Morgan fingerprint density at radius 2 is 2.05 bits per heavy atom. The maximum atomic E-state index is 12.4. The zero-order valence-corrected chi connectivity index (χ0v) is 13.5.